The summed E-state index contributed by atoms with van der Waals surface area (Å²) in [6.45, 7) is 5.50. The van der Waals surface area contributed by atoms with E-state index in [0.717, 1.165) is 37.8 Å². The number of fused-ring (bicyclic) bond motifs is 1. The van der Waals surface area contributed by atoms with Crippen molar-refractivity contribution in [1.82, 2.24) is 9.88 Å². The number of carboxylic acid groups (broad SMARTS) is 2. The standard InChI is InChI=1S/C19H28N2O3.2C2HF3O2/c1-3-16(11-20-7-1)14-24-18-13-21(12-15-5-9-22-10-6-15)17-4-2-8-23-19(17)18;2*3-2(4,5)1(6)7/h1,3,7,11,15,17-19H,2,4-6,8-10,12-14H2;2*(H,6,7)/t17-,18+,19-;;/m0../s1. The summed E-state index contributed by atoms with van der Waals surface area (Å²) in [4.78, 5) is 24.6. The van der Waals surface area contributed by atoms with Crippen molar-refractivity contribution in [2.24, 2.45) is 5.92 Å². The number of hydrogen-bond donors (Lipinski definition) is 2. The first-order valence-electron chi connectivity index (χ1n) is 11.8. The molecule has 3 saturated heterocycles. The Kier molecular flexibility index (Phi) is 12.2. The molecule has 0 bridgehead atoms. The Balaban J connectivity index is 0.000000301. The molecule has 0 aromatic carbocycles. The molecule has 3 atom stereocenters. The van der Waals surface area contributed by atoms with Gasteiger partial charge in [-0.15, -0.1) is 0 Å². The van der Waals surface area contributed by atoms with Gasteiger partial charge in [0.15, 0.2) is 0 Å². The summed E-state index contributed by atoms with van der Waals surface area (Å²) in [7, 11) is 0. The molecular weight excluding hydrogens is 530 g/mol. The van der Waals surface area contributed by atoms with Gasteiger partial charge in [-0.2, -0.15) is 26.3 Å². The molecule has 9 nitrogen and oxygen atoms in total. The van der Waals surface area contributed by atoms with E-state index >= 15 is 0 Å². The van der Waals surface area contributed by atoms with Crippen molar-refractivity contribution < 1.29 is 60.4 Å². The van der Waals surface area contributed by atoms with Crippen LogP contribution in [0, 0.1) is 5.92 Å². The average molecular weight is 560 g/mol. The number of hydrogen-bond acceptors (Lipinski definition) is 7. The van der Waals surface area contributed by atoms with E-state index in [1.807, 2.05) is 12.3 Å². The minimum Gasteiger partial charge on any atom is -0.475 e. The number of carboxylic acids is 2. The Morgan fingerprint density at radius 2 is 1.63 bits per heavy atom. The smallest absolute Gasteiger partial charge is 0.475 e. The van der Waals surface area contributed by atoms with E-state index in [2.05, 4.69) is 16.0 Å². The highest BCUT2D eigenvalue weighted by atomic mass is 19.4. The van der Waals surface area contributed by atoms with Crippen molar-refractivity contribution in [2.75, 3.05) is 32.9 Å². The van der Waals surface area contributed by atoms with Crippen LogP contribution in [0.25, 0.3) is 0 Å². The van der Waals surface area contributed by atoms with Crippen LogP contribution in [-0.2, 0) is 30.4 Å². The van der Waals surface area contributed by atoms with E-state index in [1.165, 1.54) is 32.2 Å². The number of carbonyl (C=O) groups is 2. The van der Waals surface area contributed by atoms with Crippen LogP contribution in [0.1, 0.15) is 31.2 Å². The quantitative estimate of drug-likeness (QED) is 0.522. The van der Waals surface area contributed by atoms with Crippen LogP contribution in [-0.4, -0.2) is 95.5 Å². The summed E-state index contributed by atoms with van der Waals surface area (Å²) in [6.07, 6.45) is -1.29. The molecule has 1 aromatic rings. The van der Waals surface area contributed by atoms with Crippen molar-refractivity contribution in [3.05, 3.63) is 30.1 Å². The fourth-order valence-corrected chi connectivity index (χ4v) is 4.31. The number of alkyl halides is 6. The van der Waals surface area contributed by atoms with Crippen LogP contribution < -0.4 is 0 Å². The van der Waals surface area contributed by atoms with Gasteiger partial charge >= 0.3 is 24.3 Å². The number of rotatable bonds is 5. The molecule has 0 saturated carbocycles. The van der Waals surface area contributed by atoms with Crippen molar-refractivity contribution in [2.45, 2.75) is 62.9 Å². The lowest BCUT2D eigenvalue weighted by atomic mass is 9.97. The molecule has 2 N–H and O–H groups in total. The van der Waals surface area contributed by atoms with E-state index < -0.39 is 24.3 Å². The molecule has 0 aliphatic carbocycles. The molecule has 3 fully saturated rings. The lowest BCUT2D eigenvalue weighted by Gasteiger charge is -2.34. The number of aromatic nitrogens is 1. The van der Waals surface area contributed by atoms with Crippen molar-refractivity contribution in [1.29, 1.82) is 0 Å². The SMILES string of the molecule is O=C(O)C(F)(F)F.O=C(O)C(F)(F)F.c1cncc(CO[C@@H]2CN(CC3CCOCC3)[C@H]3CCCO[C@H]23)c1. The molecular formula is C23H30F6N2O7. The largest absolute Gasteiger partial charge is 0.490 e. The van der Waals surface area contributed by atoms with Gasteiger partial charge in [0, 0.05) is 51.3 Å². The molecule has 15 heteroatoms. The summed E-state index contributed by atoms with van der Waals surface area (Å²) < 4.78 is 81.3. The molecule has 0 spiro atoms. The summed E-state index contributed by atoms with van der Waals surface area (Å²) in [5, 5.41) is 14.2. The molecule has 3 aliphatic rings. The maximum Gasteiger partial charge on any atom is 0.490 e. The van der Waals surface area contributed by atoms with Gasteiger partial charge in [-0.1, -0.05) is 6.07 Å². The van der Waals surface area contributed by atoms with E-state index in [-0.39, 0.29) is 12.2 Å². The van der Waals surface area contributed by atoms with Gasteiger partial charge in [0.05, 0.1) is 12.7 Å². The highest BCUT2D eigenvalue weighted by Gasteiger charge is 2.45. The second-order valence-electron chi connectivity index (χ2n) is 8.87. The second kappa shape index (κ2) is 14.6. The van der Waals surface area contributed by atoms with Gasteiger partial charge in [-0.05, 0) is 43.2 Å². The predicted octanol–water partition coefficient (Wildman–Crippen LogP) is 3.52. The van der Waals surface area contributed by atoms with Crippen LogP contribution in [0.15, 0.2) is 24.5 Å². The lowest BCUT2D eigenvalue weighted by Crippen LogP contribution is -2.43. The van der Waals surface area contributed by atoms with Gasteiger partial charge in [-0.25, -0.2) is 9.59 Å². The molecule has 216 valence electrons. The van der Waals surface area contributed by atoms with Gasteiger partial charge in [0.2, 0.25) is 0 Å². The third-order valence-electron chi connectivity index (χ3n) is 6.09. The van der Waals surface area contributed by atoms with Gasteiger partial charge < -0.3 is 24.4 Å². The van der Waals surface area contributed by atoms with E-state index in [1.54, 1.807) is 6.20 Å². The molecule has 0 amide bonds. The summed E-state index contributed by atoms with van der Waals surface area (Å²) in [5.74, 6) is -4.75. The van der Waals surface area contributed by atoms with E-state index in [4.69, 9.17) is 34.0 Å². The molecule has 38 heavy (non-hydrogen) atoms. The molecule has 4 heterocycles. The second-order valence-corrected chi connectivity index (χ2v) is 8.87. The predicted molar refractivity (Wildman–Crippen MR) is 118 cm³/mol. The van der Waals surface area contributed by atoms with Crippen LogP contribution in [0.3, 0.4) is 0 Å². The number of ether oxygens (including phenoxy) is 3. The van der Waals surface area contributed by atoms with E-state index in [9.17, 15) is 26.3 Å². The van der Waals surface area contributed by atoms with Crippen LogP contribution in [0.2, 0.25) is 0 Å². The maximum atomic E-state index is 10.6. The first-order valence-corrected chi connectivity index (χ1v) is 11.8. The Labute approximate surface area is 214 Å². The van der Waals surface area contributed by atoms with Gasteiger partial charge in [-0.3, -0.25) is 9.88 Å². The molecule has 3 aliphatic heterocycles. The molecule has 0 unspecified atom stereocenters. The maximum absolute atomic E-state index is 10.6. The molecule has 0 radical (unpaired) electrons. The number of likely N-dealkylation sites (tertiary alicyclic amines) is 1. The third kappa shape index (κ3) is 10.7. The average Bonchev–Trinajstić information content (AvgIpc) is 3.21. The Bertz CT molecular complexity index is 842. The van der Waals surface area contributed by atoms with Crippen LogP contribution in [0.5, 0.6) is 0 Å². The van der Waals surface area contributed by atoms with Gasteiger partial charge in [0.1, 0.15) is 6.10 Å². The van der Waals surface area contributed by atoms with Crippen LogP contribution >= 0.6 is 0 Å². The number of halogens is 6. The normalized spacial score (nSPS) is 24.3. The third-order valence-corrected chi connectivity index (χ3v) is 6.09. The number of pyridine rings is 1. The minimum absolute atomic E-state index is 0.176. The summed E-state index contributed by atoms with van der Waals surface area (Å²) >= 11 is 0. The Morgan fingerprint density at radius 1 is 1.03 bits per heavy atom. The first kappa shape index (κ1) is 31.7. The fourth-order valence-electron chi connectivity index (χ4n) is 4.31. The number of nitrogens with zero attached hydrogens (tertiary/aromatic N) is 2. The zero-order valence-electron chi connectivity index (χ0n) is 20.3. The lowest BCUT2D eigenvalue weighted by molar-refractivity contribution is -0.193. The first-order chi connectivity index (χ1) is 17.8. The molecule has 4 rings (SSSR count). The molecule has 1 aromatic heterocycles. The minimum atomic E-state index is -5.08. The van der Waals surface area contributed by atoms with Crippen molar-refractivity contribution in [3.8, 4) is 0 Å². The highest BCUT2D eigenvalue weighted by Crippen LogP contribution is 2.32. The summed E-state index contributed by atoms with van der Waals surface area (Å²) in [6, 6.07) is 4.56. The van der Waals surface area contributed by atoms with Crippen molar-refractivity contribution in [3.63, 3.8) is 0 Å². The zero-order valence-corrected chi connectivity index (χ0v) is 20.3. The fraction of sp³-hybridized carbons (Fsp3) is 0.696. The topological polar surface area (TPSA) is 118 Å². The zero-order chi connectivity index (χ0) is 28.3. The van der Waals surface area contributed by atoms with Crippen molar-refractivity contribution >= 4 is 11.9 Å². The summed E-state index contributed by atoms with van der Waals surface area (Å²) in [5.41, 5.74) is 1.13. The highest BCUT2D eigenvalue weighted by molar-refractivity contribution is 5.73. The van der Waals surface area contributed by atoms with Gasteiger partial charge in [0.25, 0.3) is 0 Å². The Hall–Kier alpha value is -2.49. The van der Waals surface area contributed by atoms with Crippen LogP contribution in [0.4, 0.5) is 26.3 Å². The monoisotopic (exact) mass is 560 g/mol. The Morgan fingerprint density at radius 3 is 2.16 bits per heavy atom. The number of aliphatic carboxylic acids is 2. The van der Waals surface area contributed by atoms with E-state index in [0.29, 0.717) is 12.6 Å².